The quantitative estimate of drug-likeness (QED) is 0.801. The molecule has 0 saturated carbocycles. The summed E-state index contributed by atoms with van der Waals surface area (Å²) in [6, 6.07) is 0.382. The Morgan fingerprint density at radius 3 is 3.00 bits per heavy atom. The predicted octanol–water partition coefficient (Wildman–Crippen LogP) is 1.08. The van der Waals surface area contributed by atoms with Gasteiger partial charge in [0.1, 0.15) is 0 Å². The number of rotatable bonds is 7. The summed E-state index contributed by atoms with van der Waals surface area (Å²) in [5.41, 5.74) is 0. The summed E-state index contributed by atoms with van der Waals surface area (Å²) in [4.78, 5) is 1.52. The molecule has 0 bridgehead atoms. The van der Waals surface area contributed by atoms with Crippen LogP contribution < -0.4 is 5.32 Å². The summed E-state index contributed by atoms with van der Waals surface area (Å²) in [6.07, 6.45) is 7.06. The minimum atomic E-state index is 0.382. The van der Waals surface area contributed by atoms with Crippen LogP contribution in [0, 0.1) is 0 Å². The first kappa shape index (κ1) is 14.4. The molecule has 2 rings (SSSR count). The van der Waals surface area contributed by atoms with E-state index in [4.69, 9.17) is 4.74 Å². The van der Waals surface area contributed by atoms with Crippen LogP contribution in [0.4, 0.5) is 0 Å². The summed E-state index contributed by atoms with van der Waals surface area (Å²) in [5.74, 6) is 0.812. The van der Waals surface area contributed by atoms with Crippen molar-refractivity contribution in [1.82, 2.24) is 25.5 Å². The van der Waals surface area contributed by atoms with Gasteiger partial charge < -0.3 is 10.1 Å². The molecule has 1 aromatic rings. The van der Waals surface area contributed by atoms with Crippen molar-refractivity contribution in [3.8, 4) is 0 Å². The standard InChI is InChI=1S/C13H25N5O/c1-3-7-14-11(9-12-6-4-5-8-19-12)10-13-15-17-18(2)16-13/h11-12,14H,3-10H2,1-2H3. The van der Waals surface area contributed by atoms with Crippen LogP contribution in [0.25, 0.3) is 0 Å². The Labute approximate surface area is 114 Å². The van der Waals surface area contributed by atoms with E-state index in [1.54, 1.807) is 7.05 Å². The van der Waals surface area contributed by atoms with Crippen molar-refractivity contribution in [2.24, 2.45) is 7.05 Å². The zero-order chi connectivity index (χ0) is 13.5. The Balaban J connectivity index is 1.86. The number of hydrogen-bond acceptors (Lipinski definition) is 5. The highest BCUT2D eigenvalue weighted by Gasteiger charge is 2.20. The highest BCUT2D eigenvalue weighted by molar-refractivity contribution is 4.86. The molecule has 1 aliphatic heterocycles. The number of aromatic nitrogens is 4. The molecule has 0 aliphatic carbocycles. The van der Waals surface area contributed by atoms with Crippen LogP contribution in [0.3, 0.4) is 0 Å². The Morgan fingerprint density at radius 1 is 1.47 bits per heavy atom. The van der Waals surface area contributed by atoms with Crippen LogP contribution in [0.15, 0.2) is 0 Å². The van der Waals surface area contributed by atoms with E-state index in [-0.39, 0.29) is 0 Å². The minimum absolute atomic E-state index is 0.382. The first-order valence-corrected chi connectivity index (χ1v) is 7.35. The highest BCUT2D eigenvalue weighted by Crippen LogP contribution is 2.18. The molecule has 2 unspecified atom stereocenters. The predicted molar refractivity (Wildman–Crippen MR) is 72.8 cm³/mol. The van der Waals surface area contributed by atoms with Crippen molar-refractivity contribution in [1.29, 1.82) is 0 Å². The van der Waals surface area contributed by atoms with Gasteiger partial charge in [0.15, 0.2) is 5.82 Å². The average molecular weight is 267 g/mol. The third-order valence-electron chi connectivity index (χ3n) is 3.48. The molecule has 1 aliphatic rings. The molecule has 1 fully saturated rings. The van der Waals surface area contributed by atoms with Gasteiger partial charge in [0, 0.05) is 19.1 Å². The van der Waals surface area contributed by atoms with Crippen molar-refractivity contribution in [2.45, 2.75) is 57.6 Å². The molecule has 2 heterocycles. The van der Waals surface area contributed by atoms with Crippen LogP contribution in [0.5, 0.6) is 0 Å². The molecule has 0 aromatic carbocycles. The lowest BCUT2D eigenvalue weighted by Gasteiger charge is -2.27. The third-order valence-corrected chi connectivity index (χ3v) is 3.48. The maximum absolute atomic E-state index is 5.83. The van der Waals surface area contributed by atoms with E-state index in [2.05, 4.69) is 27.7 Å². The molecule has 1 saturated heterocycles. The number of aryl methyl sites for hydroxylation is 1. The Bertz CT molecular complexity index is 362. The number of nitrogens with one attached hydrogen (secondary N) is 1. The van der Waals surface area contributed by atoms with Crippen molar-refractivity contribution < 1.29 is 4.74 Å². The van der Waals surface area contributed by atoms with Crippen LogP contribution in [-0.4, -0.2) is 45.5 Å². The van der Waals surface area contributed by atoms with Crippen LogP contribution >= 0.6 is 0 Å². The van der Waals surface area contributed by atoms with E-state index in [0.717, 1.165) is 38.2 Å². The minimum Gasteiger partial charge on any atom is -0.378 e. The zero-order valence-corrected chi connectivity index (χ0v) is 12.0. The highest BCUT2D eigenvalue weighted by atomic mass is 16.5. The number of tetrazole rings is 1. The van der Waals surface area contributed by atoms with E-state index in [1.807, 2.05) is 0 Å². The molecular formula is C13H25N5O. The van der Waals surface area contributed by atoms with Gasteiger partial charge in [-0.2, -0.15) is 4.80 Å². The molecular weight excluding hydrogens is 242 g/mol. The molecule has 6 nitrogen and oxygen atoms in total. The van der Waals surface area contributed by atoms with Gasteiger partial charge in [-0.15, -0.1) is 10.2 Å². The van der Waals surface area contributed by atoms with Crippen LogP contribution in [0.1, 0.15) is 44.9 Å². The van der Waals surface area contributed by atoms with Gasteiger partial charge >= 0.3 is 0 Å². The first-order chi connectivity index (χ1) is 9.28. The topological polar surface area (TPSA) is 64.9 Å². The Morgan fingerprint density at radius 2 is 2.37 bits per heavy atom. The maximum atomic E-state index is 5.83. The second-order valence-electron chi connectivity index (χ2n) is 5.27. The number of hydrogen-bond donors (Lipinski definition) is 1. The van der Waals surface area contributed by atoms with E-state index >= 15 is 0 Å². The lowest BCUT2D eigenvalue weighted by atomic mass is 9.99. The summed E-state index contributed by atoms with van der Waals surface area (Å²) >= 11 is 0. The second kappa shape index (κ2) is 7.55. The first-order valence-electron chi connectivity index (χ1n) is 7.35. The normalized spacial score (nSPS) is 21.5. The second-order valence-corrected chi connectivity index (χ2v) is 5.27. The largest absolute Gasteiger partial charge is 0.378 e. The van der Waals surface area contributed by atoms with Gasteiger partial charge in [0.2, 0.25) is 0 Å². The van der Waals surface area contributed by atoms with Crippen LogP contribution in [-0.2, 0) is 18.2 Å². The van der Waals surface area contributed by atoms with Crippen molar-refractivity contribution in [2.75, 3.05) is 13.2 Å². The number of ether oxygens (including phenoxy) is 1. The summed E-state index contributed by atoms with van der Waals surface area (Å²) in [5, 5.41) is 15.8. The molecule has 108 valence electrons. The fraction of sp³-hybridized carbons (Fsp3) is 0.923. The number of nitrogens with zero attached hydrogens (tertiary/aromatic N) is 4. The lowest BCUT2D eigenvalue weighted by Crippen LogP contribution is -2.37. The third kappa shape index (κ3) is 4.87. The molecule has 0 spiro atoms. The van der Waals surface area contributed by atoms with E-state index < -0.39 is 0 Å². The van der Waals surface area contributed by atoms with Gasteiger partial charge in [-0.1, -0.05) is 6.92 Å². The molecule has 2 atom stereocenters. The zero-order valence-electron chi connectivity index (χ0n) is 12.0. The van der Waals surface area contributed by atoms with Gasteiger partial charge in [-0.25, -0.2) is 0 Å². The molecule has 0 amide bonds. The van der Waals surface area contributed by atoms with E-state index in [0.29, 0.717) is 12.1 Å². The molecule has 1 N–H and O–H groups in total. The summed E-state index contributed by atoms with van der Waals surface area (Å²) in [7, 11) is 1.80. The summed E-state index contributed by atoms with van der Waals surface area (Å²) in [6.45, 7) is 4.12. The van der Waals surface area contributed by atoms with Gasteiger partial charge in [0.25, 0.3) is 0 Å². The SMILES string of the molecule is CCCNC(Cc1nnn(C)n1)CC1CCCCO1. The van der Waals surface area contributed by atoms with E-state index in [9.17, 15) is 0 Å². The average Bonchev–Trinajstić information content (AvgIpc) is 2.82. The fourth-order valence-corrected chi connectivity index (χ4v) is 2.52. The van der Waals surface area contributed by atoms with Crippen molar-refractivity contribution in [3.63, 3.8) is 0 Å². The Hall–Kier alpha value is -1.01. The molecule has 6 heteroatoms. The van der Waals surface area contributed by atoms with Gasteiger partial charge in [0.05, 0.1) is 13.2 Å². The fourth-order valence-electron chi connectivity index (χ4n) is 2.52. The Kier molecular flexibility index (Phi) is 5.72. The molecule has 19 heavy (non-hydrogen) atoms. The van der Waals surface area contributed by atoms with Crippen LogP contribution in [0.2, 0.25) is 0 Å². The smallest absolute Gasteiger partial charge is 0.176 e. The maximum Gasteiger partial charge on any atom is 0.176 e. The van der Waals surface area contributed by atoms with Gasteiger partial charge in [-0.05, 0) is 43.9 Å². The van der Waals surface area contributed by atoms with Gasteiger partial charge in [-0.3, -0.25) is 0 Å². The molecule has 0 radical (unpaired) electrons. The van der Waals surface area contributed by atoms with E-state index in [1.165, 1.54) is 24.1 Å². The monoisotopic (exact) mass is 267 g/mol. The van der Waals surface area contributed by atoms with Crippen molar-refractivity contribution >= 4 is 0 Å². The lowest BCUT2D eigenvalue weighted by molar-refractivity contribution is 0.00515. The molecule has 1 aromatic heterocycles. The summed E-state index contributed by atoms with van der Waals surface area (Å²) < 4.78 is 5.83. The van der Waals surface area contributed by atoms with Crippen molar-refractivity contribution in [3.05, 3.63) is 5.82 Å².